The summed E-state index contributed by atoms with van der Waals surface area (Å²) in [5, 5.41) is 22.6. The number of rotatable bonds is 5. The highest BCUT2D eigenvalue weighted by atomic mass is 16.7. The van der Waals surface area contributed by atoms with Crippen molar-refractivity contribution in [2.75, 3.05) is 41.4 Å². The van der Waals surface area contributed by atoms with Crippen LogP contribution in [0, 0.1) is 23.2 Å². The number of carbonyl (C=O) groups is 1. The third kappa shape index (κ3) is 8.09. The summed E-state index contributed by atoms with van der Waals surface area (Å²) < 4.78 is 25.2. The quantitative estimate of drug-likeness (QED) is 0.501. The van der Waals surface area contributed by atoms with Crippen molar-refractivity contribution < 1.29 is 34.0 Å². The molecule has 0 aromatic rings. The van der Waals surface area contributed by atoms with Gasteiger partial charge in [-0.2, -0.15) is 0 Å². The zero-order chi connectivity index (χ0) is 30.7. The average Bonchev–Trinajstić information content (AvgIpc) is 2.92. The van der Waals surface area contributed by atoms with Crippen molar-refractivity contribution in [1.82, 2.24) is 9.80 Å². The van der Waals surface area contributed by atoms with Crippen LogP contribution in [0.25, 0.3) is 0 Å². The third-order valence-corrected chi connectivity index (χ3v) is 10.3. The van der Waals surface area contributed by atoms with Crippen molar-refractivity contribution in [2.24, 2.45) is 23.2 Å². The van der Waals surface area contributed by atoms with Gasteiger partial charge in [-0.05, 0) is 86.4 Å². The van der Waals surface area contributed by atoms with E-state index in [1.54, 1.807) is 21.0 Å². The first-order chi connectivity index (χ1) is 19.1. The first-order valence-electron chi connectivity index (χ1n) is 15.9. The van der Waals surface area contributed by atoms with E-state index in [-0.39, 0.29) is 29.9 Å². The molecule has 3 aliphatic rings. The standard InChI is InChI=1S/C32H60N2O7/c1-20-17-32(6,38-10)28(41-29-26(35)24(33(7)8)16-21(2)40-29)22(3)27(36)31(4,5)30(37)39-19-25(34(9)18-20)23-14-12-11-13-15-23/h20-26,28-30,35,37H,11-19H2,1-10H3/t20-,21-,22+,24+,25+,26-,28-,29+,30?,32-/m1/s1. The van der Waals surface area contributed by atoms with Crippen LogP contribution in [0.15, 0.2) is 0 Å². The van der Waals surface area contributed by atoms with E-state index in [1.807, 2.05) is 39.8 Å². The Kier molecular flexibility index (Phi) is 12.3. The van der Waals surface area contributed by atoms with E-state index in [4.69, 9.17) is 18.9 Å². The van der Waals surface area contributed by atoms with Crippen molar-refractivity contribution in [2.45, 2.75) is 135 Å². The lowest BCUT2D eigenvalue weighted by Gasteiger charge is -2.47. The fourth-order valence-corrected chi connectivity index (χ4v) is 7.68. The van der Waals surface area contributed by atoms with Crippen LogP contribution >= 0.6 is 0 Å². The van der Waals surface area contributed by atoms with E-state index in [0.717, 1.165) is 19.4 Å². The third-order valence-electron chi connectivity index (χ3n) is 10.3. The first-order valence-corrected chi connectivity index (χ1v) is 15.9. The number of ketones is 1. The highest BCUT2D eigenvalue weighted by molar-refractivity contribution is 5.87. The highest BCUT2D eigenvalue weighted by Gasteiger charge is 2.51. The molecule has 3 fully saturated rings. The number of Topliss-reactive ketones (excluding diaryl/α,β-unsaturated/α-hetero) is 1. The number of carbonyl (C=O) groups excluding carboxylic acids is 1. The Balaban J connectivity index is 1.98. The number of hydrogen-bond donors (Lipinski definition) is 2. The maximum Gasteiger partial charge on any atom is 0.185 e. The molecule has 0 radical (unpaired) electrons. The van der Waals surface area contributed by atoms with Gasteiger partial charge in [-0.25, -0.2) is 0 Å². The van der Waals surface area contributed by atoms with Gasteiger partial charge in [0.25, 0.3) is 0 Å². The minimum absolute atomic E-state index is 0.124. The van der Waals surface area contributed by atoms with Crippen LogP contribution in [-0.4, -0.2) is 116 Å². The van der Waals surface area contributed by atoms with E-state index in [0.29, 0.717) is 25.4 Å². The van der Waals surface area contributed by atoms with Crippen LogP contribution in [-0.2, 0) is 23.7 Å². The smallest absolute Gasteiger partial charge is 0.185 e. The van der Waals surface area contributed by atoms with Crippen LogP contribution in [0.1, 0.15) is 86.5 Å². The molecule has 9 heteroatoms. The van der Waals surface area contributed by atoms with Crippen molar-refractivity contribution in [3.05, 3.63) is 0 Å². The van der Waals surface area contributed by atoms with Gasteiger partial charge in [0, 0.05) is 31.7 Å². The van der Waals surface area contributed by atoms with Gasteiger partial charge < -0.3 is 39.0 Å². The molecule has 2 heterocycles. The van der Waals surface area contributed by atoms with Crippen LogP contribution < -0.4 is 0 Å². The minimum atomic E-state index is -1.26. The number of hydrogen-bond acceptors (Lipinski definition) is 9. The predicted octanol–water partition coefficient (Wildman–Crippen LogP) is 3.69. The molecule has 0 spiro atoms. The molecule has 2 N–H and O–H groups in total. The SMILES string of the molecule is CO[C@]1(C)C[C@@H](C)CN(C)[C@H](C2CCCCC2)COC(O)C(C)(C)C(=O)[C@H](C)[C@H]1O[C@@H]1O[C@H](C)C[C@H](N(C)C)[C@H]1O. The molecule has 2 aliphatic heterocycles. The van der Waals surface area contributed by atoms with Gasteiger partial charge in [0.05, 0.1) is 29.8 Å². The number of ether oxygens (including phenoxy) is 4. The molecular weight excluding hydrogens is 524 g/mol. The lowest BCUT2D eigenvalue weighted by atomic mass is 9.74. The fraction of sp³-hybridized carbons (Fsp3) is 0.969. The molecule has 0 aromatic carbocycles. The average molecular weight is 585 g/mol. The summed E-state index contributed by atoms with van der Waals surface area (Å²) in [6.07, 6.45) is 3.41. The van der Waals surface area contributed by atoms with Gasteiger partial charge in [-0.1, -0.05) is 33.1 Å². The molecule has 2 saturated heterocycles. The molecule has 0 amide bonds. The number of methoxy groups -OCH3 is 1. The number of likely N-dealkylation sites (N-methyl/N-ethyl adjacent to an activating group) is 2. The van der Waals surface area contributed by atoms with E-state index in [9.17, 15) is 15.0 Å². The highest BCUT2D eigenvalue weighted by Crippen LogP contribution is 2.39. The van der Waals surface area contributed by atoms with Gasteiger partial charge in [0.2, 0.25) is 0 Å². The largest absolute Gasteiger partial charge is 0.386 e. The molecule has 1 aliphatic carbocycles. The van der Waals surface area contributed by atoms with E-state index in [1.165, 1.54) is 19.3 Å². The Morgan fingerprint density at radius 3 is 2.27 bits per heavy atom. The van der Waals surface area contributed by atoms with Gasteiger partial charge in [0.1, 0.15) is 11.9 Å². The normalized spacial score (nSPS) is 42.9. The van der Waals surface area contributed by atoms with Crippen LogP contribution in [0.5, 0.6) is 0 Å². The molecular formula is C32H60N2O7. The predicted molar refractivity (Wildman–Crippen MR) is 159 cm³/mol. The summed E-state index contributed by atoms with van der Waals surface area (Å²) in [6.45, 7) is 12.7. The summed E-state index contributed by atoms with van der Waals surface area (Å²) in [5.41, 5.74) is -2.04. The summed E-state index contributed by atoms with van der Waals surface area (Å²) in [7, 11) is 7.70. The van der Waals surface area contributed by atoms with E-state index < -0.39 is 41.7 Å². The molecule has 1 unspecified atom stereocenters. The molecule has 41 heavy (non-hydrogen) atoms. The van der Waals surface area contributed by atoms with Gasteiger partial charge >= 0.3 is 0 Å². The molecule has 3 rings (SSSR count). The van der Waals surface area contributed by atoms with Crippen molar-refractivity contribution >= 4 is 5.78 Å². The zero-order valence-corrected chi connectivity index (χ0v) is 27.5. The van der Waals surface area contributed by atoms with Crippen LogP contribution in [0.4, 0.5) is 0 Å². The minimum Gasteiger partial charge on any atom is -0.386 e. The molecule has 0 aromatic heterocycles. The van der Waals surface area contributed by atoms with Crippen molar-refractivity contribution in [3.63, 3.8) is 0 Å². The maximum atomic E-state index is 14.2. The number of aliphatic hydroxyl groups is 2. The topological polar surface area (TPSA) is 101 Å². The summed E-state index contributed by atoms with van der Waals surface area (Å²) in [5.74, 6) is -0.125. The van der Waals surface area contributed by atoms with Gasteiger partial charge in [0.15, 0.2) is 12.6 Å². The Labute approximate surface area is 249 Å². The maximum absolute atomic E-state index is 14.2. The second-order valence-electron chi connectivity index (χ2n) is 14.4. The Morgan fingerprint density at radius 2 is 1.68 bits per heavy atom. The van der Waals surface area contributed by atoms with Crippen molar-refractivity contribution in [3.8, 4) is 0 Å². The number of nitrogens with zero attached hydrogens (tertiary/aromatic N) is 2. The van der Waals surface area contributed by atoms with Gasteiger partial charge in [-0.15, -0.1) is 0 Å². The lowest BCUT2D eigenvalue weighted by Crippen LogP contribution is -2.59. The molecule has 0 bridgehead atoms. The molecule has 10 atom stereocenters. The summed E-state index contributed by atoms with van der Waals surface area (Å²) in [4.78, 5) is 18.6. The Hall–Kier alpha value is -0.650. The first kappa shape index (κ1) is 34.8. The second kappa shape index (κ2) is 14.4. The number of aliphatic hydroxyl groups excluding tert-OH is 2. The Morgan fingerprint density at radius 1 is 1.05 bits per heavy atom. The monoisotopic (exact) mass is 584 g/mol. The van der Waals surface area contributed by atoms with E-state index in [2.05, 4.69) is 18.9 Å². The van der Waals surface area contributed by atoms with Gasteiger partial charge in [-0.3, -0.25) is 4.79 Å². The summed E-state index contributed by atoms with van der Waals surface area (Å²) >= 11 is 0. The Bertz CT molecular complexity index is 835. The van der Waals surface area contributed by atoms with Crippen molar-refractivity contribution in [1.29, 1.82) is 0 Å². The summed E-state index contributed by atoms with van der Waals surface area (Å²) in [6, 6.07) is 0.0156. The molecule has 1 saturated carbocycles. The van der Waals surface area contributed by atoms with Crippen LogP contribution in [0.2, 0.25) is 0 Å². The lowest BCUT2D eigenvalue weighted by molar-refractivity contribution is -0.296. The second-order valence-corrected chi connectivity index (χ2v) is 14.4. The zero-order valence-electron chi connectivity index (χ0n) is 27.5. The fourth-order valence-electron chi connectivity index (χ4n) is 7.68. The molecule has 9 nitrogen and oxygen atoms in total. The van der Waals surface area contributed by atoms with Crippen LogP contribution in [0.3, 0.4) is 0 Å². The molecule has 240 valence electrons. The van der Waals surface area contributed by atoms with E-state index >= 15 is 0 Å².